The zero-order chi connectivity index (χ0) is 13.6. The van der Waals surface area contributed by atoms with E-state index in [-0.39, 0.29) is 12.0 Å². The first-order chi connectivity index (χ1) is 7.69. The molecule has 0 rings (SSSR count). The molecule has 0 aliphatic rings. The average molecular weight is 246 g/mol. The molecule has 17 heavy (non-hydrogen) atoms. The minimum atomic E-state index is -1.46. The molecule has 0 aromatic rings. The lowest BCUT2D eigenvalue weighted by atomic mass is 10.1. The molecule has 6 nitrogen and oxygen atoms in total. The van der Waals surface area contributed by atoms with E-state index in [0.29, 0.717) is 6.42 Å². The van der Waals surface area contributed by atoms with Crippen molar-refractivity contribution in [3.05, 3.63) is 11.3 Å². The number of hydrogen-bond acceptors (Lipinski definition) is 4. The summed E-state index contributed by atoms with van der Waals surface area (Å²) in [5.74, 6) is -3.45. The van der Waals surface area contributed by atoms with Crippen LogP contribution < -0.4 is 0 Å². The van der Waals surface area contributed by atoms with Crippen LogP contribution in [-0.2, 0) is 19.4 Å². The summed E-state index contributed by atoms with van der Waals surface area (Å²) in [6.07, 6.45) is 0.599. The third-order valence-electron chi connectivity index (χ3n) is 1.60. The van der Waals surface area contributed by atoms with Gasteiger partial charge in [-0.3, -0.25) is 0 Å². The van der Waals surface area contributed by atoms with Gasteiger partial charge in [-0.25, -0.2) is 9.59 Å². The molecule has 0 bridgehead atoms. The third kappa shape index (κ3) is 5.91. The highest BCUT2D eigenvalue weighted by molar-refractivity contribution is 5.97. The topological polar surface area (TPSA) is 93.1 Å². The highest BCUT2D eigenvalue weighted by Gasteiger charge is 2.25. The Morgan fingerprint density at radius 1 is 1.12 bits per heavy atom. The van der Waals surface area contributed by atoms with Gasteiger partial charge in [0.15, 0.2) is 0 Å². The number of carboxylic acid groups (broad SMARTS) is 2. The zero-order valence-corrected chi connectivity index (χ0v) is 10.4. The molecule has 0 aliphatic carbocycles. The minimum absolute atomic E-state index is 0.102. The Balaban J connectivity index is 5.09. The molecular weight excluding hydrogens is 228 g/mol. The van der Waals surface area contributed by atoms with Crippen LogP contribution in [0.5, 0.6) is 0 Å². The van der Waals surface area contributed by atoms with Crippen LogP contribution in [0.2, 0.25) is 0 Å². The maximum Gasteiger partial charge on any atom is 0.375 e. The van der Waals surface area contributed by atoms with Gasteiger partial charge >= 0.3 is 11.9 Å². The molecular formula is C11H18O6. The lowest BCUT2D eigenvalue weighted by Gasteiger charge is -2.18. The molecule has 0 amide bonds. The second-order valence-electron chi connectivity index (χ2n) is 4.45. The Bertz CT molecular complexity index is 323. The summed E-state index contributed by atoms with van der Waals surface area (Å²) in [7, 11) is 0. The van der Waals surface area contributed by atoms with Crippen LogP contribution in [-0.4, -0.2) is 27.8 Å². The fourth-order valence-corrected chi connectivity index (χ4v) is 0.949. The van der Waals surface area contributed by atoms with E-state index in [9.17, 15) is 9.59 Å². The van der Waals surface area contributed by atoms with Crippen molar-refractivity contribution >= 4 is 11.9 Å². The molecule has 0 spiro atoms. The van der Waals surface area contributed by atoms with Gasteiger partial charge in [0.2, 0.25) is 0 Å². The summed E-state index contributed by atoms with van der Waals surface area (Å²) in [6.45, 7) is 6.72. The van der Waals surface area contributed by atoms with Gasteiger partial charge in [-0.15, -0.1) is 0 Å². The van der Waals surface area contributed by atoms with E-state index in [0.717, 1.165) is 0 Å². The van der Waals surface area contributed by atoms with Crippen molar-refractivity contribution in [1.29, 1.82) is 0 Å². The summed E-state index contributed by atoms with van der Waals surface area (Å²) >= 11 is 0. The standard InChI is InChI=1S/C11H18O6/c1-5-6-7(9(12)13)8(10(14)15)16-17-11(2,3)4/h5-6H2,1-4H3,(H,12,13)(H,14,15)/b8-7-. The van der Waals surface area contributed by atoms with Gasteiger partial charge in [-0.1, -0.05) is 13.3 Å². The van der Waals surface area contributed by atoms with Gasteiger partial charge in [-0.05, 0) is 27.2 Å². The first-order valence-corrected chi connectivity index (χ1v) is 5.24. The predicted molar refractivity (Wildman–Crippen MR) is 59.1 cm³/mol. The quantitative estimate of drug-likeness (QED) is 0.322. The molecule has 6 heteroatoms. The van der Waals surface area contributed by atoms with E-state index < -0.39 is 23.3 Å². The molecule has 0 fully saturated rings. The molecule has 0 radical (unpaired) electrons. The first-order valence-electron chi connectivity index (χ1n) is 5.24. The molecule has 0 unspecified atom stereocenters. The van der Waals surface area contributed by atoms with E-state index in [4.69, 9.17) is 15.1 Å². The van der Waals surface area contributed by atoms with Crippen molar-refractivity contribution in [2.45, 2.75) is 46.1 Å². The molecule has 0 saturated heterocycles. The Morgan fingerprint density at radius 3 is 1.94 bits per heavy atom. The molecule has 98 valence electrons. The van der Waals surface area contributed by atoms with Crippen LogP contribution >= 0.6 is 0 Å². The van der Waals surface area contributed by atoms with Crippen molar-refractivity contribution in [2.75, 3.05) is 0 Å². The molecule has 0 heterocycles. The Labute approximate surface area is 99.8 Å². The summed E-state index contributed by atoms with van der Waals surface area (Å²) in [5, 5.41) is 17.8. The van der Waals surface area contributed by atoms with Crippen LogP contribution in [0.3, 0.4) is 0 Å². The zero-order valence-electron chi connectivity index (χ0n) is 10.4. The van der Waals surface area contributed by atoms with Crippen molar-refractivity contribution in [1.82, 2.24) is 0 Å². The lowest BCUT2D eigenvalue weighted by Crippen LogP contribution is -2.22. The smallest absolute Gasteiger partial charge is 0.375 e. The van der Waals surface area contributed by atoms with E-state index in [2.05, 4.69) is 4.89 Å². The maximum absolute atomic E-state index is 10.9. The highest BCUT2D eigenvalue weighted by atomic mass is 17.2. The number of carboxylic acids is 2. The van der Waals surface area contributed by atoms with E-state index in [1.165, 1.54) is 0 Å². The molecule has 0 aromatic carbocycles. The Morgan fingerprint density at radius 2 is 1.65 bits per heavy atom. The predicted octanol–water partition coefficient (Wildman–Crippen LogP) is 1.96. The Kier molecular flexibility index (Phi) is 5.67. The molecule has 2 N–H and O–H groups in total. The fraction of sp³-hybridized carbons (Fsp3) is 0.636. The van der Waals surface area contributed by atoms with Gasteiger partial charge in [0.25, 0.3) is 5.76 Å². The third-order valence-corrected chi connectivity index (χ3v) is 1.60. The van der Waals surface area contributed by atoms with Crippen molar-refractivity contribution < 1.29 is 29.6 Å². The molecule has 0 aliphatic heterocycles. The van der Waals surface area contributed by atoms with Gasteiger partial charge < -0.3 is 15.1 Å². The number of rotatable bonds is 6. The summed E-state index contributed by atoms with van der Waals surface area (Å²) in [6, 6.07) is 0. The van der Waals surface area contributed by atoms with Crippen LogP contribution in [0.25, 0.3) is 0 Å². The second-order valence-corrected chi connectivity index (χ2v) is 4.45. The van der Waals surface area contributed by atoms with E-state index in [1.54, 1.807) is 27.7 Å². The second kappa shape index (κ2) is 6.24. The van der Waals surface area contributed by atoms with Gasteiger partial charge in [0.05, 0.1) is 5.57 Å². The van der Waals surface area contributed by atoms with Crippen LogP contribution in [0.4, 0.5) is 0 Å². The minimum Gasteiger partial charge on any atom is -0.478 e. The van der Waals surface area contributed by atoms with Gasteiger partial charge in [0.1, 0.15) is 5.60 Å². The SMILES string of the molecule is CCC/C(C(=O)O)=C(/OOC(C)(C)C)C(=O)O. The van der Waals surface area contributed by atoms with Crippen LogP contribution in [0.1, 0.15) is 40.5 Å². The monoisotopic (exact) mass is 246 g/mol. The van der Waals surface area contributed by atoms with Crippen molar-refractivity contribution in [3.8, 4) is 0 Å². The van der Waals surface area contributed by atoms with Crippen LogP contribution in [0, 0.1) is 0 Å². The van der Waals surface area contributed by atoms with Gasteiger partial charge in [0, 0.05) is 0 Å². The van der Waals surface area contributed by atoms with Crippen LogP contribution in [0.15, 0.2) is 11.3 Å². The molecule has 0 saturated carbocycles. The average Bonchev–Trinajstić information content (AvgIpc) is 2.13. The summed E-state index contributed by atoms with van der Waals surface area (Å²) in [4.78, 5) is 31.3. The normalized spacial score (nSPS) is 12.9. The molecule has 0 atom stereocenters. The van der Waals surface area contributed by atoms with Crippen molar-refractivity contribution in [3.63, 3.8) is 0 Å². The van der Waals surface area contributed by atoms with E-state index >= 15 is 0 Å². The highest BCUT2D eigenvalue weighted by Crippen LogP contribution is 2.17. The lowest BCUT2D eigenvalue weighted by molar-refractivity contribution is -0.321. The molecule has 0 aromatic heterocycles. The summed E-state index contributed by atoms with van der Waals surface area (Å²) < 4.78 is 0. The van der Waals surface area contributed by atoms with Gasteiger partial charge in [-0.2, -0.15) is 4.89 Å². The summed E-state index contributed by atoms with van der Waals surface area (Å²) in [5.41, 5.74) is -1.03. The largest absolute Gasteiger partial charge is 0.478 e. The van der Waals surface area contributed by atoms with Crippen molar-refractivity contribution in [2.24, 2.45) is 0 Å². The Hall–Kier alpha value is -1.56. The van der Waals surface area contributed by atoms with E-state index in [1.807, 2.05) is 0 Å². The fourth-order valence-electron chi connectivity index (χ4n) is 0.949. The number of carbonyl (C=O) groups is 2. The number of aliphatic carboxylic acids is 2. The number of hydrogen-bond donors (Lipinski definition) is 2. The first kappa shape index (κ1) is 15.4. The maximum atomic E-state index is 10.9.